The van der Waals surface area contributed by atoms with Crippen LogP contribution >= 0.6 is 0 Å². The Labute approximate surface area is 68.4 Å². The van der Waals surface area contributed by atoms with Gasteiger partial charge in [-0.15, -0.1) is 0 Å². The maximum absolute atomic E-state index is 8.52. The van der Waals surface area contributed by atoms with Gasteiger partial charge in [-0.25, -0.2) is 5.26 Å². The minimum atomic E-state index is -0.727. The van der Waals surface area contributed by atoms with Crippen LogP contribution in [0.1, 0.15) is 27.7 Å². The van der Waals surface area contributed by atoms with E-state index in [-0.39, 0.29) is 12.2 Å². The van der Waals surface area contributed by atoms with Gasteiger partial charge >= 0.3 is 7.12 Å². The lowest BCUT2D eigenvalue weighted by atomic mass is 9.93. The summed E-state index contributed by atoms with van der Waals surface area (Å²) in [5.41, 5.74) is 0. The average Bonchev–Trinajstić information content (AvgIpc) is 1.84. The van der Waals surface area contributed by atoms with E-state index in [0.29, 0.717) is 0 Å². The molecule has 0 N–H and O–H groups in total. The van der Waals surface area contributed by atoms with E-state index < -0.39 is 7.12 Å². The van der Waals surface area contributed by atoms with Crippen molar-refractivity contribution in [3.63, 3.8) is 0 Å². The smallest absolute Gasteiger partial charge is 0.397 e. The van der Waals surface area contributed by atoms with Crippen LogP contribution in [0.4, 0.5) is 0 Å². The van der Waals surface area contributed by atoms with Gasteiger partial charge in [0.05, 0.1) is 5.97 Å². The van der Waals surface area contributed by atoms with Crippen LogP contribution in [0.2, 0.25) is 0 Å². The highest BCUT2D eigenvalue weighted by Gasteiger charge is 2.20. The number of nitrogens with zero attached hydrogens (tertiary/aromatic N) is 1. The summed E-state index contributed by atoms with van der Waals surface area (Å²) in [7, 11) is -0.727. The lowest BCUT2D eigenvalue weighted by Gasteiger charge is -2.13. The SMILES string of the molecule is CC(C)OB(C#N)OC(C)C. The third-order valence-corrected chi connectivity index (χ3v) is 0.897. The Hall–Kier alpha value is -0.525. The molecule has 0 aromatic rings. The van der Waals surface area contributed by atoms with Crippen LogP contribution in [-0.4, -0.2) is 19.3 Å². The second-order valence-electron chi connectivity index (χ2n) is 2.83. The molecule has 11 heavy (non-hydrogen) atoms. The number of hydrogen-bond donors (Lipinski definition) is 0. The zero-order valence-corrected chi connectivity index (χ0v) is 7.50. The minimum Gasteiger partial charge on any atom is -0.397 e. The summed E-state index contributed by atoms with van der Waals surface area (Å²) in [4.78, 5) is 0. The van der Waals surface area contributed by atoms with Gasteiger partial charge in [-0.2, -0.15) is 0 Å². The summed E-state index contributed by atoms with van der Waals surface area (Å²) in [6.07, 6.45) is 0.0526. The van der Waals surface area contributed by atoms with Crippen LogP contribution in [0.15, 0.2) is 0 Å². The Morgan fingerprint density at radius 3 is 1.64 bits per heavy atom. The van der Waals surface area contributed by atoms with Crippen molar-refractivity contribution in [1.29, 1.82) is 5.26 Å². The summed E-state index contributed by atoms with van der Waals surface area (Å²) in [6.45, 7) is 7.48. The molecule has 0 aliphatic carbocycles. The van der Waals surface area contributed by atoms with E-state index in [1.807, 2.05) is 33.7 Å². The molecule has 0 amide bonds. The molecule has 0 radical (unpaired) electrons. The Morgan fingerprint density at radius 2 is 1.45 bits per heavy atom. The van der Waals surface area contributed by atoms with Crippen molar-refractivity contribution in [3.05, 3.63) is 0 Å². The maximum atomic E-state index is 8.52. The zero-order valence-electron chi connectivity index (χ0n) is 7.50. The van der Waals surface area contributed by atoms with E-state index >= 15 is 0 Å². The fourth-order valence-corrected chi connectivity index (χ4v) is 0.587. The van der Waals surface area contributed by atoms with Crippen molar-refractivity contribution in [3.8, 4) is 5.97 Å². The average molecular weight is 155 g/mol. The molecule has 4 heteroatoms. The highest BCUT2D eigenvalue weighted by Crippen LogP contribution is 1.98. The van der Waals surface area contributed by atoms with Crippen LogP contribution in [0, 0.1) is 11.2 Å². The van der Waals surface area contributed by atoms with Gasteiger partial charge < -0.3 is 9.31 Å². The molecule has 0 spiro atoms. The maximum Gasteiger partial charge on any atom is 0.579 e. The van der Waals surface area contributed by atoms with Gasteiger partial charge in [0.2, 0.25) is 0 Å². The highest BCUT2D eigenvalue weighted by atomic mass is 16.6. The molecule has 0 aromatic heterocycles. The van der Waals surface area contributed by atoms with E-state index in [2.05, 4.69) is 0 Å². The van der Waals surface area contributed by atoms with E-state index in [4.69, 9.17) is 14.6 Å². The fraction of sp³-hybridized carbons (Fsp3) is 0.857. The molecular formula is C7H14BNO2. The molecule has 0 saturated heterocycles. The minimum absolute atomic E-state index is 0.0263. The normalized spacial score (nSPS) is 10.3. The molecule has 0 aromatic carbocycles. The summed E-state index contributed by atoms with van der Waals surface area (Å²) in [5.74, 6) is 1.92. The monoisotopic (exact) mass is 155 g/mol. The summed E-state index contributed by atoms with van der Waals surface area (Å²) in [6, 6.07) is 0. The largest absolute Gasteiger partial charge is 0.579 e. The predicted molar refractivity (Wildman–Crippen MR) is 43.8 cm³/mol. The number of rotatable bonds is 4. The van der Waals surface area contributed by atoms with Gasteiger partial charge in [0.15, 0.2) is 0 Å². The molecule has 0 aliphatic heterocycles. The Morgan fingerprint density at radius 1 is 1.09 bits per heavy atom. The van der Waals surface area contributed by atoms with Crippen LogP contribution < -0.4 is 0 Å². The molecule has 3 nitrogen and oxygen atoms in total. The van der Waals surface area contributed by atoms with Crippen molar-refractivity contribution in [2.75, 3.05) is 0 Å². The van der Waals surface area contributed by atoms with E-state index in [0.717, 1.165) is 0 Å². The first kappa shape index (κ1) is 10.5. The van der Waals surface area contributed by atoms with Crippen LogP contribution in [0.25, 0.3) is 0 Å². The fourth-order valence-electron chi connectivity index (χ4n) is 0.587. The van der Waals surface area contributed by atoms with Gasteiger partial charge in [0.1, 0.15) is 0 Å². The summed E-state index contributed by atoms with van der Waals surface area (Å²) >= 11 is 0. The van der Waals surface area contributed by atoms with E-state index in [1.165, 1.54) is 0 Å². The Bertz CT molecular complexity index is 132. The molecule has 0 fully saturated rings. The van der Waals surface area contributed by atoms with Crippen molar-refractivity contribution in [1.82, 2.24) is 0 Å². The van der Waals surface area contributed by atoms with Gasteiger partial charge in [-0.3, -0.25) is 0 Å². The molecule has 0 rings (SSSR count). The molecular weight excluding hydrogens is 141 g/mol. The number of hydrogen-bond acceptors (Lipinski definition) is 3. The van der Waals surface area contributed by atoms with Gasteiger partial charge in [0, 0.05) is 12.2 Å². The third-order valence-electron chi connectivity index (χ3n) is 0.897. The highest BCUT2D eigenvalue weighted by molar-refractivity contribution is 6.53. The van der Waals surface area contributed by atoms with E-state index in [1.54, 1.807) is 0 Å². The van der Waals surface area contributed by atoms with Crippen molar-refractivity contribution < 1.29 is 9.31 Å². The molecule has 0 bridgehead atoms. The quantitative estimate of drug-likeness (QED) is 0.576. The van der Waals surface area contributed by atoms with Crippen LogP contribution in [-0.2, 0) is 9.31 Å². The third kappa shape index (κ3) is 5.90. The molecule has 0 heterocycles. The first-order chi connectivity index (χ1) is 5.06. The lowest BCUT2D eigenvalue weighted by molar-refractivity contribution is 0.139. The van der Waals surface area contributed by atoms with E-state index in [9.17, 15) is 0 Å². The second kappa shape index (κ2) is 5.17. The van der Waals surface area contributed by atoms with Gasteiger partial charge in [-0.05, 0) is 27.7 Å². The molecule has 0 unspecified atom stereocenters. The topological polar surface area (TPSA) is 42.2 Å². The number of nitriles is 1. The standard InChI is InChI=1S/C7H14BNO2/c1-6(2)10-8(5-9)11-7(3)4/h6-7H,1-4H3. The van der Waals surface area contributed by atoms with Crippen molar-refractivity contribution in [2.24, 2.45) is 0 Å². The molecule has 0 saturated carbocycles. The lowest BCUT2D eigenvalue weighted by Crippen LogP contribution is -2.27. The Balaban J connectivity index is 3.70. The van der Waals surface area contributed by atoms with Gasteiger partial charge in [-0.1, -0.05) is 0 Å². The Kier molecular flexibility index (Phi) is 4.92. The van der Waals surface area contributed by atoms with Crippen LogP contribution in [0.3, 0.4) is 0 Å². The first-order valence-corrected chi connectivity index (χ1v) is 3.76. The van der Waals surface area contributed by atoms with Gasteiger partial charge in [0.25, 0.3) is 0 Å². The molecule has 0 atom stereocenters. The first-order valence-electron chi connectivity index (χ1n) is 3.76. The van der Waals surface area contributed by atoms with Crippen LogP contribution in [0.5, 0.6) is 0 Å². The van der Waals surface area contributed by atoms with Crippen molar-refractivity contribution in [2.45, 2.75) is 39.9 Å². The molecule has 0 aliphatic rings. The predicted octanol–water partition coefficient (Wildman–Crippen LogP) is 1.39. The van der Waals surface area contributed by atoms with Crippen molar-refractivity contribution >= 4 is 7.12 Å². The summed E-state index contributed by atoms with van der Waals surface area (Å²) < 4.78 is 10.3. The zero-order chi connectivity index (χ0) is 8.85. The second-order valence-corrected chi connectivity index (χ2v) is 2.83. The molecule has 62 valence electrons. The summed E-state index contributed by atoms with van der Waals surface area (Å²) in [5, 5.41) is 8.52.